The SMILES string of the molecule is NS(=O)C1CCN(C(=O)C(F)(F)F)C1. The molecule has 1 saturated heterocycles. The smallest absolute Gasteiger partial charge is 0.334 e. The van der Waals surface area contributed by atoms with Gasteiger partial charge in [0.15, 0.2) is 0 Å². The maximum absolute atomic E-state index is 11.9. The molecular weight excluding hydrogens is 221 g/mol. The monoisotopic (exact) mass is 230 g/mol. The molecule has 0 aromatic heterocycles. The van der Waals surface area contributed by atoms with E-state index in [2.05, 4.69) is 0 Å². The van der Waals surface area contributed by atoms with Crippen molar-refractivity contribution in [3.63, 3.8) is 0 Å². The first-order valence-electron chi connectivity index (χ1n) is 3.83. The summed E-state index contributed by atoms with van der Waals surface area (Å²) in [5, 5.41) is 4.48. The number of hydrogen-bond donors (Lipinski definition) is 1. The number of carbonyl (C=O) groups is 1. The van der Waals surface area contributed by atoms with Crippen LogP contribution in [0, 0.1) is 0 Å². The molecule has 1 heterocycles. The molecule has 0 saturated carbocycles. The molecule has 2 atom stereocenters. The summed E-state index contributed by atoms with van der Waals surface area (Å²) >= 11 is 0. The zero-order valence-electron chi connectivity index (χ0n) is 7.08. The van der Waals surface area contributed by atoms with E-state index in [9.17, 15) is 22.2 Å². The predicted octanol–water partition coefficient (Wildman–Crippen LogP) is -0.228. The quantitative estimate of drug-likeness (QED) is 0.676. The van der Waals surface area contributed by atoms with Gasteiger partial charge in [0.25, 0.3) is 0 Å². The molecule has 1 aliphatic rings. The number of nitrogens with zero attached hydrogens (tertiary/aromatic N) is 1. The number of alkyl halides is 3. The number of likely N-dealkylation sites (tertiary alicyclic amines) is 1. The molecule has 4 nitrogen and oxygen atoms in total. The molecule has 1 fully saturated rings. The maximum Gasteiger partial charge on any atom is 0.471 e. The zero-order chi connectivity index (χ0) is 10.9. The topological polar surface area (TPSA) is 63.4 Å². The second-order valence-corrected chi connectivity index (χ2v) is 4.31. The van der Waals surface area contributed by atoms with Crippen molar-refractivity contribution in [2.45, 2.75) is 17.8 Å². The summed E-state index contributed by atoms with van der Waals surface area (Å²) in [5.41, 5.74) is 0. The van der Waals surface area contributed by atoms with E-state index in [-0.39, 0.29) is 19.5 Å². The van der Waals surface area contributed by atoms with E-state index >= 15 is 0 Å². The molecule has 0 aromatic carbocycles. The minimum atomic E-state index is -4.86. The lowest BCUT2D eigenvalue weighted by atomic mass is 10.4. The lowest BCUT2D eigenvalue weighted by molar-refractivity contribution is -0.184. The van der Waals surface area contributed by atoms with Crippen molar-refractivity contribution in [2.75, 3.05) is 13.1 Å². The van der Waals surface area contributed by atoms with Crippen molar-refractivity contribution in [1.82, 2.24) is 4.90 Å². The van der Waals surface area contributed by atoms with Gasteiger partial charge in [-0.05, 0) is 6.42 Å². The highest BCUT2D eigenvalue weighted by molar-refractivity contribution is 7.83. The predicted molar refractivity (Wildman–Crippen MR) is 43.4 cm³/mol. The van der Waals surface area contributed by atoms with Gasteiger partial charge < -0.3 is 4.90 Å². The van der Waals surface area contributed by atoms with Crippen molar-refractivity contribution < 1.29 is 22.2 Å². The zero-order valence-corrected chi connectivity index (χ0v) is 7.90. The first kappa shape index (κ1) is 11.4. The summed E-state index contributed by atoms with van der Waals surface area (Å²) in [6, 6.07) is 0. The van der Waals surface area contributed by atoms with E-state index in [1.54, 1.807) is 0 Å². The number of hydrogen-bond acceptors (Lipinski definition) is 2. The van der Waals surface area contributed by atoms with E-state index in [0.717, 1.165) is 0 Å². The molecule has 0 aromatic rings. The molecule has 2 unspecified atom stereocenters. The molecule has 0 radical (unpaired) electrons. The third-order valence-corrected chi connectivity index (χ3v) is 3.05. The highest BCUT2D eigenvalue weighted by Crippen LogP contribution is 2.22. The Balaban J connectivity index is 2.59. The molecule has 1 aliphatic heterocycles. The Morgan fingerprint density at radius 3 is 2.43 bits per heavy atom. The highest BCUT2D eigenvalue weighted by atomic mass is 32.2. The molecule has 0 spiro atoms. The van der Waals surface area contributed by atoms with Crippen molar-refractivity contribution in [3.05, 3.63) is 0 Å². The summed E-state index contributed by atoms with van der Waals surface area (Å²) in [6.45, 7) is -0.215. The largest absolute Gasteiger partial charge is 0.471 e. The normalized spacial score (nSPS) is 25.1. The fraction of sp³-hybridized carbons (Fsp3) is 0.833. The highest BCUT2D eigenvalue weighted by Gasteiger charge is 2.45. The van der Waals surface area contributed by atoms with Gasteiger partial charge in [-0.2, -0.15) is 13.2 Å². The maximum atomic E-state index is 11.9. The Morgan fingerprint density at radius 1 is 1.50 bits per heavy atom. The van der Waals surface area contributed by atoms with E-state index in [1.807, 2.05) is 0 Å². The van der Waals surface area contributed by atoms with Gasteiger partial charge in [0.1, 0.15) is 0 Å². The van der Waals surface area contributed by atoms with Gasteiger partial charge in [-0.15, -0.1) is 0 Å². The van der Waals surface area contributed by atoms with E-state index < -0.39 is 28.3 Å². The van der Waals surface area contributed by atoms with Crippen molar-refractivity contribution in [3.8, 4) is 0 Å². The van der Waals surface area contributed by atoms with E-state index in [0.29, 0.717) is 4.90 Å². The van der Waals surface area contributed by atoms with E-state index in [1.165, 1.54) is 0 Å². The van der Waals surface area contributed by atoms with Gasteiger partial charge >= 0.3 is 12.1 Å². The first-order valence-corrected chi connectivity index (χ1v) is 5.11. The fourth-order valence-corrected chi connectivity index (χ4v) is 1.95. The molecular formula is C6H9F3N2O2S. The van der Waals surface area contributed by atoms with Crippen LogP contribution in [0.1, 0.15) is 6.42 Å². The average Bonchev–Trinajstić information content (AvgIpc) is 2.48. The minimum absolute atomic E-state index is 0.0358. The van der Waals surface area contributed by atoms with Gasteiger partial charge in [-0.25, -0.2) is 4.21 Å². The minimum Gasteiger partial charge on any atom is -0.334 e. The number of nitrogens with two attached hydrogens (primary N) is 1. The standard InChI is InChI=1S/C6H9F3N2O2S/c7-6(8,9)5(12)11-2-1-4(3-11)14(10)13/h4H,1-3,10H2. The second kappa shape index (κ2) is 3.85. The Labute approximate surface area is 80.8 Å². The summed E-state index contributed by atoms with van der Waals surface area (Å²) in [7, 11) is -1.67. The van der Waals surface area contributed by atoms with Crippen LogP contribution in [0.4, 0.5) is 13.2 Å². The van der Waals surface area contributed by atoms with Gasteiger partial charge in [0, 0.05) is 13.1 Å². The van der Waals surface area contributed by atoms with Gasteiger partial charge in [0.2, 0.25) is 0 Å². The van der Waals surface area contributed by atoms with Crippen LogP contribution in [0.15, 0.2) is 0 Å². The molecule has 14 heavy (non-hydrogen) atoms. The Kier molecular flexibility index (Phi) is 3.15. The van der Waals surface area contributed by atoms with Crippen molar-refractivity contribution >= 4 is 16.9 Å². The number of rotatable bonds is 1. The molecule has 2 N–H and O–H groups in total. The third kappa shape index (κ3) is 2.44. The van der Waals surface area contributed by atoms with Crippen LogP contribution in [-0.4, -0.2) is 39.5 Å². The van der Waals surface area contributed by atoms with Crippen LogP contribution in [0.25, 0.3) is 0 Å². The Morgan fingerprint density at radius 2 is 2.07 bits per heavy atom. The second-order valence-electron chi connectivity index (χ2n) is 2.99. The summed E-state index contributed by atoms with van der Waals surface area (Å²) in [5.74, 6) is -1.88. The lowest BCUT2D eigenvalue weighted by Gasteiger charge is -2.17. The van der Waals surface area contributed by atoms with Crippen molar-refractivity contribution in [2.24, 2.45) is 5.14 Å². The van der Waals surface area contributed by atoms with Gasteiger partial charge in [-0.3, -0.25) is 9.93 Å². The van der Waals surface area contributed by atoms with Crippen molar-refractivity contribution in [1.29, 1.82) is 0 Å². The Hall–Kier alpha value is -0.630. The number of carbonyl (C=O) groups excluding carboxylic acids is 1. The van der Waals surface area contributed by atoms with Crippen LogP contribution >= 0.6 is 0 Å². The van der Waals surface area contributed by atoms with Crippen LogP contribution in [0.3, 0.4) is 0 Å². The van der Waals surface area contributed by atoms with Crippen LogP contribution in [0.2, 0.25) is 0 Å². The van der Waals surface area contributed by atoms with Gasteiger partial charge in [0.05, 0.1) is 16.2 Å². The van der Waals surface area contributed by atoms with Crippen LogP contribution < -0.4 is 5.14 Å². The van der Waals surface area contributed by atoms with Gasteiger partial charge in [-0.1, -0.05) is 0 Å². The molecule has 0 bridgehead atoms. The molecule has 1 amide bonds. The molecule has 1 rings (SSSR count). The Bertz CT molecular complexity index is 268. The van der Waals surface area contributed by atoms with Crippen LogP contribution in [0.5, 0.6) is 0 Å². The first-order chi connectivity index (χ1) is 6.32. The summed E-state index contributed by atoms with van der Waals surface area (Å²) < 4.78 is 46.5. The summed E-state index contributed by atoms with van der Waals surface area (Å²) in [4.78, 5) is 11.3. The summed E-state index contributed by atoms with van der Waals surface area (Å²) in [6.07, 6.45) is -4.60. The number of amides is 1. The van der Waals surface area contributed by atoms with E-state index in [4.69, 9.17) is 5.14 Å². The fourth-order valence-electron chi connectivity index (χ4n) is 1.28. The third-order valence-electron chi connectivity index (χ3n) is 2.00. The average molecular weight is 230 g/mol. The molecule has 8 heteroatoms. The lowest BCUT2D eigenvalue weighted by Crippen LogP contribution is -2.40. The van der Waals surface area contributed by atoms with Crippen LogP contribution in [-0.2, 0) is 15.8 Å². The number of halogens is 3. The molecule has 82 valence electrons. The molecule has 0 aliphatic carbocycles.